The second-order valence-corrected chi connectivity index (χ2v) is 3.06. The highest BCUT2D eigenvalue weighted by atomic mass is 19.1. The molecule has 0 atom stereocenters. The number of rotatable bonds is 3. The predicted molar refractivity (Wildman–Crippen MR) is 59.7 cm³/mol. The molecule has 0 heterocycles. The van der Waals surface area contributed by atoms with Gasteiger partial charge in [0.2, 0.25) is 5.71 Å². The first-order chi connectivity index (χ1) is 7.54. The fourth-order valence-electron chi connectivity index (χ4n) is 0.980. The van der Waals surface area contributed by atoms with Gasteiger partial charge in [-0.2, -0.15) is 10.4 Å². The number of nitrogens with zero attached hydrogens (tertiary/aromatic N) is 2. The van der Waals surface area contributed by atoms with Crippen molar-refractivity contribution in [3.63, 3.8) is 0 Å². The Bertz CT molecular complexity index is 486. The highest BCUT2D eigenvalue weighted by molar-refractivity contribution is 6.45. The summed E-state index contributed by atoms with van der Waals surface area (Å²) in [6, 6.07) is 5.96. The monoisotopic (exact) mass is 219 g/mol. The van der Waals surface area contributed by atoms with Crippen molar-refractivity contribution in [2.75, 3.05) is 5.43 Å². The summed E-state index contributed by atoms with van der Waals surface area (Å²) >= 11 is 0. The van der Waals surface area contributed by atoms with Gasteiger partial charge in [0, 0.05) is 0 Å². The molecule has 1 aromatic carbocycles. The van der Waals surface area contributed by atoms with E-state index in [-0.39, 0.29) is 11.5 Å². The smallest absolute Gasteiger partial charge is 0.201 e. The van der Waals surface area contributed by atoms with E-state index in [2.05, 4.69) is 10.5 Å². The highest BCUT2D eigenvalue weighted by Gasteiger charge is 2.01. The van der Waals surface area contributed by atoms with Crippen LogP contribution < -0.4 is 11.2 Å². The number of nitrogens with two attached hydrogens (primary N) is 1. The number of hydrogen-bond donors (Lipinski definition) is 3. The van der Waals surface area contributed by atoms with Gasteiger partial charge < -0.3 is 5.73 Å². The molecular formula is C10H10FN5. The second-order valence-electron chi connectivity index (χ2n) is 3.06. The normalized spacial score (nSPS) is 10.7. The fourth-order valence-corrected chi connectivity index (χ4v) is 0.980. The van der Waals surface area contributed by atoms with E-state index in [1.807, 2.05) is 0 Å². The summed E-state index contributed by atoms with van der Waals surface area (Å²) < 4.78 is 12.9. The van der Waals surface area contributed by atoms with Crippen LogP contribution in [-0.2, 0) is 0 Å². The number of nitrogens with one attached hydrogen (secondary N) is 2. The Balaban J connectivity index is 2.86. The third-order valence-corrected chi connectivity index (χ3v) is 1.82. The number of benzene rings is 1. The van der Waals surface area contributed by atoms with Gasteiger partial charge in [0.25, 0.3) is 0 Å². The maximum Gasteiger partial charge on any atom is 0.201 e. The maximum absolute atomic E-state index is 12.9. The minimum absolute atomic E-state index is 0.220. The van der Waals surface area contributed by atoms with E-state index in [1.165, 1.54) is 18.2 Å². The number of nitriles is 1. The zero-order valence-electron chi connectivity index (χ0n) is 8.58. The molecule has 0 amide bonds. The van der Waals surface area contributed by atoms with Gasteiger partial charge in [0.05, 0.1) is 5.69 Å². The van der Waals surface area contributed by atoms with Gasteiger partial charge in [0.1, 0.15) is 11.9 Å². The summed E-state index contributed by atoms with van der Waals surface area (Å²) in [5.74, 6) is -0.740. The molecule has 5 nitrogen and oxygen atoms in total. The third kappa shape index (κ3) is 2.78. The van der Waals surface area contributed by atoms with Crippen molar-refractivity contribution >= 4 is 17.2 Å². The second kappa shape index (κ2) is 4.89. The number of anilines is 1. The zero-order valence-corrected chi connectivity index (χ0v) is 8.58. The molecule has 0 unspecified atom stereocenters. The fraction of sp³-hybridized carbons (Fsp3) is 0.100. The lowest BCUT2D eigenvalue weighted by Crippen LogP contribution is -2.21. The maximum atomic E-state index is 12.9. The standard InChI is InChI=1S/C10H10FN5/c1-6-4-7(2-3-8(6)11)15-16-9(5-12)10(13)14/h2-4,15H,1H3,(H3,13,14)/b16-9+. The molecule has 1 aromatic rings. The Labute approximate surface area is 91.9 Å². The molecule has 0 saturated heterocycles. The number of aryl methyl sites for hydroxylation is 1. The van der Waals surface area contributed by atoms with Gasteiger partial charge >= 0.3 is 0 Å². The van der Waals surface area contributed by atoms with Crippen LogP contribution in [0.1, 0.15) is 5.56 Å². The molecule has 4 N–H and O–H groups in total. The van der Waals surface area contributed by atoms with Crippen LogP contribution in [0.4, 0.5) is 10.1 Å². The first kappa shape index (κ1) is 11.7. The van der Waals surface area contributed by atoms with Crippen LogP contribution in [0.25, 0.3) is 0 Å². The lowest BCUT2D eigenvalue weighted by Gasteiger charge is -2.02. The molecule has 82 valence electrons. The van der Waals surface area contributed by atoms with Crippen molar-refractivity contribution in [1.82, 2.24) is 0 Å². The first-order valence-corrected chi connectivity index (χ1v) is 4.39. The Hall–Kier alpha value is -2.42. The average molecular weight is 219 g/mol. The summed E-state index contributed by atoms with van der Waals surface area (Å²) in [6.45, 7) is 1.61. The van der Waals surface area contributed by atoms with E-state index < -0.39 is 5.84 Å². The van der Waals surface area contributed by atoms with Gasteiger partial charge in [-0.3, -0.25) is 10.8 Å². The molecule has 0 aliphatic carbocycles. The number of halogens is 1. The van der Waals surface area contributed by atoms with Crippen LogP contribution in [0.5, 0.6) is 0 Å². The minimum atomic E-state index is -0.422. The number of hydrazone groups is 1. The van der Waals surface area contributed by atoms with Crippen molar-refractivity contribution in [1.29, 1.82) is 10.7 Å². The molecule has 1 rings (SSSR count). The number of amidine groups is 1. The summed E-state index contributed by atoms with van der Waals surface area (Å²) in [5, 5.41) is 19.2. The minimum Gasteiger partial charge on any atom is -0.382 e. The van der Waals surface area contributed by atoms with E-state index >= 15 is 0 Å². The lowest BCUT2D eigenvalue weighted by atomic mass is 10.2. The van der Waals surface area contributed by atoms with E-state index in [9.17, 15) is 4.39 Å². The van der Waals surface area contributed by atoms with E-state index in [1.54, 1.807) is 13.0 Å². The summed E-state index contributed by atoms with van der Waals surface area (Å²) in [5.41, 5.74) is 8.38. The van der Waals surface area contributed by atoms with Crippen molar-refractivity contribution in [3.05, 3.63) is 29.6 Å². The summed E-state index contributed by atoms with van der Waals surface area (Å²) in [6.07, 6.45) is 0. The highest BCUT2D eigenvalue weighted by Crippen LogP contribution is 2.13. The molecule has 6 heteroatoms. The first-order valence-electron chi connectivity index (χ1n) is 4.39. The largest absolute Gasteiger partial charge is 0.382 e. The van der Waals surface area contributed by atoms with Crippen molar-refractivity contribution in [2.45, 2.75) is 6.92 Å². The molecule has 0 fully saturated rings. The van der Waals surface area contributed by atoms with E-state index in [4.69, 9.17) is 16.4 Å². The molecule has 0 aromatic heterocycles. The Morgan fingerprint density at radius 3 is 2.81 bits per heavy atom. The van der Waals surface area contributed by atoms with Gasteiger partial charge in [-0.05, 0) is 30.7 Å². The van der Waals surface area contributed by atoms with Crippen LogP contribution in [0.15, 0.2) is 23.3 Å². The van der Waals surface area contributed by atoms with Gasteiger partial charge in [-0.15, -0.1) is 0 Å². The summed E-state index contributed by atoms with van der Waals surface area (Å²) in [7, 11) is 0. The molecular weight excluding hydrogens is 209 g/mol. The van der Waals surface area contributed by atoms with Crippen molar-refractivity contribution in [3.8, 4) is 6.07 Å². The van der Waals surface area contributed by atoms with Crippen molar-refractivity contribution in [2.24, 2.45) is 10.8 Å². The van der Waals surface area contributed by atoms with Crippen LogP contribution in [0.2, 0.25) is 0 Å². The Morgan fingerprint density at radius 1 is 1.62 bits per heavy atom. The van der Waals surface area contributed by atoms with Crippen molar-refractivity contribution < 1.29 is 4.39 Å². The Morgan fingerprint density at radius 2 is 2.31 bits per heavy atom. The Kier molecular flexibility index (Phi) is 3.56. The third-order valence-electron chi connectivity index (χ3n) is 1.82. The predicted octanol–water partition coefficient (Wildman–Crippen LogP) is 1.36. The lowest BCUT2D eigenvalue weighted by molar-refractivity contribution is 0.619. The van der Waals surface area contributed by atoms with E-state index in [0.717, 1.165) is 0 Å². The molecule has 0 bridgehead atoms. The zero-order chi connectivity index (χ0) is 12.1. The molecule has 0 aliphatic heterocycles. The molecule has 16 heavy (non-hydrogen) atoms. The quantitative estimate of drug-likeness (QED) is 0.406. The van der Waals surface area contributed by atoms with Crippen LogP contribution in [0, 0.1) is 29.5 Å². The van der Waals surface area contributed by atoms with E-state index in [0.29, 0.717) is 11.3 Å². The van der Waals surface area contributed by atoms with Gasteiger partial charge in [-0.1, -0.05) is 0 Å². The van der Waals surface area contributed by atoms with Gasteiger partial charge in [0.15, 0.2) is 5.84 Å². The average Bonchev–Trinajstić information content (AvgIpc) is 2.23. The molecule has 0 saturated carbocycles. The molecule has 0 radical (unpaired) electrons. The molecule has 0 spiro atoms. The van der Waals surface area contributed by atoms with Crippen LogP contribution in [-0.4, -0.2) is 11.5 Å². The summed E-state index contributed by atoms with van der Waals surface area (Å²) in [4.78, 5) is 0. The SMILES string of the molecule is Cc1cc(N/N=C(\C#N)C(=N)N)ccc1F. The van der Waals surface area contributed by atoms with Crippen LogP contribution in [0.3, 0.4) is 0 Å². The van der Waals surface area contributed by atoms with Gasteiger partial charge in [-0.25, -0.2) is 4.39 Å². The topological polar surface area (TPSA) is 98.0 Å². The number of hydrogen-bond acceptors (Lipinski definition) is 4. The van der Waals surface area contributed by atoms with Crippen LogP contribution >= 0.6 is 0 Å². The molecule has 0 aliphatic rings.